The van der Waals surface area contributed by atoms with Crippen molar-refractivity contribution in [3.05, 3.63) is 33.8 Å². The predicted molar refractivity (Wildman–Crippen MR) is 52.5 cm³/mol. The summed E-state index contributed by atoms with van der Waals surface area (Å²) in [7, 11) is 0. The zero-order valence-electron chi connectivity index (χ0n) is 7.40. The van der Waals surface area contributed by atoms with E-state index in [1.54, 1.807) is 6.92 Å². The highest BCUT2D eigenvalue weighted by atomic mass is 79.9. The van der Waals surface area contributed by atoms with Crippen LogP contribution in [0.25, 0.3) is 0 Å². The van der Waals surface area contributed by atoms with Crippen LogP contribution < -0.4 is 0 Å². The van der Waals surface area contributed by atoms with Crippen LogP contribution >= 0.6 is 15.9 Å². The number of benzene rings is 1. The van der Waals surface area contributed by atoms with E-state index in [9.17, 15) is 8.78 Å². The van der Waals surface area contributed by atoms with Gasteiger partial charge in [-0.05, 0) is 35.0 Å². The molecule has 1 rings (SSSR count). The number of ether oxygens (including phenoxy) is 1. The Morgan fingerprint density at radius 3 is 2.71 bits per heavy atom. The molecule has 0 radical (unpaired) electrons. The van der Waals surface area contributed by atoms with Crippen LogP contribution in [0.1, 0.15) is 12.5 Å². The summed E-state index contributed by atoms with van der Waals surface area (Å²) < 4.78 is 30.5. The molecule has 1 aromatic carbocycles. The fraction of sp³-hybridized carbons (Fsp3) is 0.222. The fourth-order valence-corrected chi connectivity index (χ4v) is 1.42. The van der Waals surface area contributed by atoms with Crippen LogP contribution in [0.4, 0.5) is 8.78 Å². The van der Waals surface area contributed by atoms with Crippen molar-refractivity contribution < 1.29 is 13.5 Å². The van der Waals surface area contributed by atoms with Gasteiger partial charge in [-0.3, -0.25) is 5.41 Å². The zero-order valence-corrected chi connectivity index (χ0v) is 8.99. The third-order valence-electron chi connectivity index (χ3n) is 1.57. The van der Waals surface area contributed by atoms with Gasteiger partial charge in [-0.2, -0.15) is 0 Å². The van der Waals surface area contributed by atoms with E-state index in [0.717, 1.165) is 6.07 Å². The molecule has 5 heteroatoms. The van der Waals surface area contributed by atoms with E-state index < -0.39 is 11.6 Å². The highest BCUT2D eigenvalue weighted by Crippen LogP contribution is 2.23. The average Bonchev–Trinajstić information content (AvgIpc) is 2.15. The molecule has 1 aromatic rings. The molecule has 14 heavy (non-hydrogen) atoms. The van der Waals surface area contributed by atoms with Gasteiger partial charge in [0.25, 0.3) is 0 Å². The molecule has 0 atom stereocenters. The first-order valence-corrected chi connectivity index (χ1v) is 4.72. The number of nitrogens with one attached hydrogen (secondary N) is 1. The van der Waals surface area contributed by atoms with Crippen molar-refractivity contribution in [2.24, 2.45) is 0 Å². The molecule has 0 amide bonds. The topological polar surface area (TPSA) is 33.1 Å². The minimum Gasteiger partial charge on any atom is -0.478 e. The monoisotopic (exact) mass is 263 g/mol. The van der Waals surface area contributed by atoms with Gasteiger partial charge in [-0.25, -0.2) is 8.78 Å². The summed E-state index contributed by atoms with van der Waals surface area (Å²) in [5.74, 6) is -2.14. The van der Waals surface area contributed by atoms with Crippen molar-refractivity contribution in [1.29, 1.82) is 5.41 Å². The van der Waals surface area contributed by atoms with Crippen molar-refractivity contribution in [2.75, 3.05) is 6.61 Å². The third-order valence-corrected chi connectivity index (χ3v) is 2.34. The second-order valence-electron chi connectivity index (χ2n) is 2.49. The van der Waals surface area contributed by atoms with E-state index in [1.165, 1.54) is 6.07 Å². The lowest BCUT2D eigenvalue weighted by Crippen LogP contribution is -2.07. The van der Waals surface area contributed by atoms with Crippen molar-refractivity contribution >= 4 is 21.8 Å². The van der Waals surface area contributed by atoms with Gasteiger partial charge in [0.2, 0.25) is 5.90 Å². The molecule has 76 valence electrons. The maximum absolute atomic E-state index is 13.0. The third kappa shape index (κ3) is 2.09. The Morgan fingerprint density at radius 1 is 1.50 bits per heavy atom. The minimum absolute atomic E-state index is 0.0871. The summed E-state index contributed by atoms with van der Waals surface area (Å²) in [6.07, 6.45) is 0. The summed E-state index contributed by atoms with van der Waals surface area (Å²) in [6, 6.07) is 2.25. The lowest BCUT2D eigenvalue weighted by atomic mass is 10.2. The largest absolute Gasteiger partial charge is 0.478 e. The van der Waals surface area contributed by atoms with Crippen LogP contribution in [0.5, 0.6) is 0 Å². The minimum atomic E-state index is -1.01. The molecule has 0 bridgehead atoms. The van der Waals surface area contributed by atoms with E-state index in [0.29, 0.717) is 6.61 Å². The Labute approximate surface area is 88.5 Å². The molecule has 0 fully saturated rings. The molecule has 0 unspecified atom stereocenters. The molecular formula is C9H8BrF2NO. The van der Waals surface area contributed by atoms with Crippen LogP contribution in [0.3, 0.4) is 0 Å². The number of hydrogen-bond donors (Lipinski definition) is 1. The molecule has 0 aliphatic heterocycles. The van der Waals surface area contributed by atoms with E-state index in [-0.39, 0.29) is 15.9 Å². The Kier molecular flexibility index (Phi) is 3.57. The summed E-state index contributed by atoms with van der Waals surface area (Å²) in [6.45, 7) is 2.02. The molecule has 0 spiro atoms. The molecule has 0 heterocycles. The van der Waals surface area contributed by atoms with Gasteiger partial charge in [0, 0.05) is 0 Å². The number of halogens is 3. The summed E-state index contributed by atoms with van der Waals surface area (Å²) in [5, 5.41) is 7.40. The first-order chi connectivity index (χ1) is 6.57. The Morgan fingerprint density at radius 2 is 2.14 bits per heavy atom. The Bertz CT molecular complexity index is 368. The second kappa shape index (κ2) is 4.50. The van der Waals surface area contributed by atoms with Gasteiger partial charge in [0.05, 0.1) is 16.6 Å². The maximum atomic E-state index is 13.0. The summed E-state index contributed by atoms with van der Waals surface area (Å²) in [5.41, 5.74) is 0.200. The molecule has 2 nitrogen and oxygen atoms in total. The van der Waals surface area contributed by atoms with Crippen molar-refractivity contribution in [3.8, 4) is 0 Å². The highest BCUT2D eigenvalue weighted by molar-refractivity contribution is 9.10. The van der Waals surface area contributed by atoms with Crippen LogP contribution in [0.15, 0.2) is 16.6 Å². The summed E-state index contributed by atoms with van der Waals surface area (Å²) in [4.78, 5) is 0. The lowest BCUT2D eigenvalue weighted by molar-refractivity contribution is 0.325. The SMILES string of the molecule is CCOC(=N)c1ccc(F)c(F)c1Br. The molecule has 0 aliphatic carbocycles. The molecule has 0 aliphatic rings. The molecule has 0 saturated heterocycles. The second-order valence-corrected chi connectivity index (χ2v) is 3.28. The molecule has 1 N–H and O–H groups in total. The van der Waals surface area contributed by atoms with Crippen molar-refractivity contribution in [1.82, 2.24) is 0 Å². The van der Waals surface area contributed by atoms with E-state index in [4.69, 9.17) is 10.1 Å². The van der Waals surface area contributed by atoms with Gasteiger partial charge in [-0.15, -0.1) is 0 Å². The van der Waals surface area contributed by atoms with Crippen molar-refractivity contribution in [2.45, 2.75) is 6.92 Å². The summed E-state index contributed by atoms with van der Waals surface area (Å²) >= 11 is 2.87. The van der Waals surface area contributed by atoms with Crippen LogP contribution in [0, 0.1) is 17.0 Å². The number of hydrogen-bond acceptors (Lipinski definition) is 2. The maximum Gasteiger partial charge on any atom is 0.214 e. The van der Waals surface area contributed by atoms with Crippen molar-refractivity contribution in [3.63, 3.8) is 0 Å². The first kappa shape index (κ1) is 11.1. The van der Waals surface area contributed by atoms with Gasteiger partial charge in [0.1, 0.15) is 0 Å². The standard InChI is InChI=1S/C9H8BrF2NO/c1-2-14-9(13)5-3-4-6(11)8(12)7(5)10/h3-4,13H,2H2,1H3. The zero-order chi connectivity index (χ0) is 10.7. The quantitative estimate of drug-likeness (QED) is 0.497. The van der Waals surface area contributed by atoms with Gasteiger partial charge in [-0.1, -0.05) is 0 Å². The van der Waals surface area contributed by atoms with Crippen LogP contribution in [-0.4, -0.2) is 12.5 Å². The van der Waals surface area contributed by atoms with Gasteiger partial charge >= 0.3 is 0 Å². The average molecular weight is 264 g/mol. The highest BCUT2D eigenvalue weighted by Gasteiger charge is 2.14. The van der Waals surface area contributed by atoms with Crippen LogP contribution in [-0.2, 0) is 4.74 Å². The smallest absolute Gasteiger partial charge is 0.214 e. The van der Waals surface area contributed by atoms with E-state index in [1.807, 2.05) is 0 Å². The van der Waals surface area contributed by atoms with Gasteiger partial charge in [0.15, 0.2) is 11.6 Å². The Hall–Kier alpha value is -0.970. The lowest BCUT2D eigenvalue weighted by Gasteiger charge is -2.07. The van der Waals surface area contributed by atoms with E-state index in [2.05, 4.69) is 15.9 Å². The van der Waals surface area contributed by atoms with E-state index >= 15 is 0 Å². The molecule has 0 saturated carbocycles. The molecule has 0 aromatic heterocycles. The Balaban J connectivity index is 3.11. The normalized spacial score (nSPS) is 10.0. The fourth-order valence-electron chi connectivity index (χ4n) is 0.923. The first-order valence-electron chi connectivity index (χ1n) is 3.93. The molecular weight excluding hydrogens is 256 g/mol. The van der Waals surface area contributed by atoms with Crippen LogP contribution in [0.2, 0.25) is 0 Å². The van der Waals surface area contributed by atoms with Gasteiger partial charge < -0.3 is 4.74 Å². The number of rotatable bonds is 2. The predicted octanol–water partition coefficient (Wildman–Crippen LogP) is 3.09.